The smallest absolute Gasteiger partial charge is 0.234 e. The number of rotatable bonds is 6. The zero-order valence-corrected chi connectivity index (χ0v) is 14.0. The molecule has 24 heavy (non-hydrogen) atoms. The van der Waals surface area contributed by atoms with E-state index in [2.05, 4.69) is 25.0 Å². The molecule has 0 amide bonds. The molecule has 7 nitrogen and oxygen atoms in total. The monoisotopic (exact) mass is 329 g/mol. The van der Waals surface area contributed by atoms with Crippen LogP contribution in [0.15, 0.2) is 23.1 Å². The number of ether oxygens (including phenoxy) is 1. The van der Waals surface area contributed by atoms with Gasteiger partial charge in [0.1, 0.15) is 5.69 Å². The van der Waals surface area contributed by atoms with Gasteiger partial charge < -0.3 is 9.26 Å². The minimum Gasteiger partial charge on any atom is -0.380 e. The Kier molecular flexibility index (Phi) is 4.28. The zero-order chi connectivity index (χ0) is 16.4. The second-order valence-corrected chi connectivity index (χ2v) is 6.69. The molecule has 0 unspecified atom stereocenters. The summed E-state index contributed by atoms with van der Waals surface area (Å²) in [7, 11) is 0. The number of fused-ring (bicyclic) bond motifs is 1. The summed E-state index contributed by atoms with van der Waals surface area (Å²) in [5.41, 5.74) is 0.657. The molecule has 0 spiro atoms. The van der Waals surface area contributed by atoms with E-state index in [0.29, 0.717) is 17.4 Å². The molecule has 2 atom stereocenters. The molecule has 1 aliphatic heterocycles. The van der Waals surface area contributed by atoms with Gasteiger partial charge in [0.25, 0.3) is 0 Å². The van der Waals surface area contributed by atoms with Crippen LogP contribution in [0.3, 0.4) is 0 Å². The van der Waals surface area contributed by atoms with Crippen LogP contribution in [-0.4, -0.2) is 57.9 Å². The highest BCUT2D eigenvalue weighted by Crippen LogP contribution is 2.50. The van der Waals surface area contributed by atoms with Gasteiger partial charge >= 0.3 is 0 Å². The first-order valence-electron chi connectivity index (χ1n) is 8.72. The van der Waals surface area contributed by atoms with Crippen LogP contribution in [0, 0.1) is 5.92 Å². The van der Waals surface area contributed by atoms with Crippen LogP contribution in [0.5, 0.6) is 0 Å². The minimum atomic E-state index is -0.000324. The quantitative estimate of drug-likeness (QED) is 0.749. The summed E-state index contributed by atoms with van der Waals surface area (Å²) in [6, 6.07) is 0. The van der Waals surface area contributed by atoms with Crippen LogP contribution >= 0.6 is 0 Å². The first kappa shape index (κ1) is 15.7. The molecule has 3 heterocycles. The third kappa shape index (κ3) is 2.71. The molecule has 0 aromatic carbocycles. The van der Waals surface area contributed by atoms with E-state index in [4.69, 9.17) is 9.26 Å². The van der Waals surface area contributed by atoms with E-state index in [0.717, 1.165) is 45.2 Å². The maximum atomic E-state index is 5.69. The summed E-state index contributed by atoms with van der Waals surface area (Å²) in [5.74, 6) is 1.89. The molecule has 4 rings (SSSR count). The highest BCUT2D eigenvalue weighted by Gasteiger charge is 2.54. The summed E-state index contributed by atoms with van der Waals surface area (Å²) >= 11 is 0. The van der Waals surface area contributed by atoms with Crippen molar-refractivity contribution in [1.29, 1.82) is 0 Å². The van der Waals surface area contributed by atoms with Crippen molar-refractivity contribution in [3.05, 3.63) is 24.5 Å². The van der Waals surface area contributed by atoms with Gasteiger partial charge in [-0.1, -0.05) is 11.6 Å². The molecule has 2 aromatic heterocycles. The Morgan fingerprint density at radius 1 is 1.42 bits per heavy atom. The van der Waals surface area contributed by atoms with E-state index in [1.54, 1.807) is 18.6 Å². The predicted octanol–water partition coefficient (Wildman–Crippen LogP) is 1.92. The van der Waals surface area contributed by atoms with E-state index in [1.165, 1.54) is 12.8 Å². The van der Waals surface area contributed by atoms with Crippen molar-refractivity contribution in [1.82, 2.24) is 25.0 Å². The van der Waals surface area contributed by atoms with Crippen molar-refractivity contribution < 1.29 is 9.26 Å². The van der Waals surface area contributed by atoms with Crippen molar-refractivity contribution in [2.24, 2.45) is 5.92 Å². The van der Waals surface area contributed by atoms with E-state index < -0.39 is 0 Å². The van der Waals surface area contributed by atoms with Crippen LogP contribution < -0.4 is 0 Å². The fraction of sp³-hybridized carbons (Fsp3) is 0.647. The lowest BCUT2D eigenvalue weighted by atomic mass is 9.80. The maximum absolute atomic E-state index is 5.69. The molecular formula is C17H23N5O2. The fourth-order valence-electron chi connectivity index (χ4n) is 4.20. The standard InChI is InChI=1S/C17H23N5O2/c1-2-23-9-8-22-11-13-4-3-5-17(13,12-22)16-20-15(21-24-16)14-10-18-6-7-19-14/h6-7,10,13H,2-5,8-9,11-12H2,1H3/t13-,17-/m1/s1. The average Bonchev–Trinajstić information content (AvgIpc) is 3.30. The minimum absolute atomic E-state index is 0.000324. The Hall–Kier alpha value is -1.86. The Morgan fingerprint density at radius 2 is 2.38 bits per heavy atom. The molecule has 1 saturated carbocycles. The van der Waals surface area contributed by atoms with Crippen molar-refractivity contribution in [3.8, 4) is 11.5 Å². The van der Waals surface area contributed by atoms with Crippen molar-refractivity contribution in [2.75, 3.05) is 32.8 Å². The number of nitrogens with zero attached hydrogens (tertiary/aromatic N) is 5. The molecule has 0 N–H and O–H groups in total. The largest absolute Gasteiger partial charge is 0.380 e. The number of hydrogen-bond acceptors (Lipinski definition) is 7. The second-order valence-electron chi connectivity index (χ2n) is 6.69. The Morgan fingerprint density at radius 3 is 3.21 bits per heavy atom. The molecule has 2 aromatic rings. The molecule has 2 fully saturated rings. The average molecular weight is 329 g/mol. The highest BCUT2D eigenvalue weighted by atomic mass is 16.5. The molecule has 1 saturated heterocycles. The SMILES string of the molecule is CCOCCN1C[C@H]2CCC[C@@]2(c2nc(-c3cnccn3)no2)C1. The van der Waals surface area contributed by atoms with Gasteiger partial charge in [-0.05, 0) is 25.7 Å². The van der Waals surface area contributed by atoms with Crippen molar-refractivity contribution in [2.45, 2.75) is 31.6 Å². The van der Waals surface area contributed by atoms with Gasteiger partial charge in [-0.2, -0.15) is 4.98 Å². The summed E-state index contributed by atoms with van der Waals surface area (Å²) in [6.07, 6.45) is 8.53. The van der Waals surface area contributed by atoms with Gasteiger partial charge in [-0.15, -0.1) is 0 Å². The number of hydrogen-bond donors (Lipinski definition) is 0. The van der Waals surface area contributed by atoms with Crippen LogP contribution in [0.25, 0.3) is 11.5 Å². The van der Waals surface area contributed by atoms with E-state index >= 15 is 0 Å². The topological polar surface area (TPSA) is 77.2 Å². The van der Waals surface area contributed by atoms with Crippen LogP contribution in [-0.2, 0) is 10.2 Å². The molecule has 1 aliphatic carbocycles. The highest BCUT2D eigenvalue weighted by molar-refractivity contribution is 5.45. The summed E-state index contributed by atoms with van der Waals surface area (Å²) < 4.78 is 11.2. The molecule has 7 heteroatoms. The van der Waals surface area contributed by atoms with Gasteiger partial charge in [0.15, 0.2) is 0 Å². The fourth-order valence-corrected chi connectivity index (χ4v) is 4.20. The molecular weight excluding hydrogens is 306 g/mol. The van der Waals surface area contributed by atoms with Crippen LogP contribution in [0.4, 0.5) is 0 Å². The molecule has 0 radical (unpaired) electrons. The van der Waals surface area contributed by atoms with Gasteiger partial charge in [0.05, 0.1) is 18.2 Å². The molecule has 0 bridgehead atoms. The van der Waals surface area contributed by atoms with E-state index in [1.807, 2.05) is 6.92 Å². The van der Waals surface area contributed by atoms with Gasteiger partial charge in [0.2, 0.25) is 11.7 Å². The van der Waals surface area contributed by atoms with E-state index in [-0.39, 0.29) is 5.41 Å². The summed E-state index contributed by atoms with van der Waals surface area (Å²) in [4.78, 5) is 15.5. The third-order valence-corrected chi connectivity index (χ3v) is 5.34. The van der Waals surface area contributed by atoms with Crippen molar-refractivity contribution >= 4 is 0 Å². The molecule has 128 valence electrons. The summed E-state index contributed by atoms with van der Waals surface area (Å²) in [6.45, 7) is 6.63. The lowest BCUT2D eigenvalue weighted by Gasteiger charge is -2.24. The first-order chi connectivity index (χ1) is 11.8. The van der Waals surface area contributed by atoms with Gasteiger partial charge in [-0.25, -0.2) is 4.98 Å². The third-order valence-electron chi connectivity index (χ3n) is 5.34. The predicted molar refractivity (Wildman–Crippen MR) is 87.3 cm³/mol. The number of likely N-dealkylation sites (tertiary alicyclic amines) is 1. The Balaban J connectivity index is 1.55. The normalized spacial score (nSPS) is 26.8. The van der Waals surface area contributed by atoms with Crippen LogP contribution in [0.2, 0.25) is 0 Å². The van der Waals surface area contributed by atoms with Gasteiger partial charge in [-0.3, -0.25) is 9.88 Å². The maximum Gasteiger partial charge on any atom is 0.234 e. The summed E-state index contributed by atoms with van der Waals surface area (Å²) in [5, 5.41) is 4.15. The Labute approximate surface area is 141 Å². The van der Waals surface area contributed by atoms with Crippen LogP contribution in [0.1, 0.15) is 32.1 Å². The lowest BCUT2D eigenvalue weighted by Crippen LogP contribution is -2.33. The van der Waals surface area contributed by atoms with Gasteiger partial charge in [0, 0.05) is 38.6 Å². The molecule has 2 aliphatic rings. The Bertz CT molecular complexity index is 677. The zero-order valence-electron chi connectivity index (χ0n) is 14.0. The first-order valence-corrected chi connectivity index (χ1v) is 8.72. The van der Waals surface area contributed by atoms with E-state index in [9.17, 15) is 0 Å². The number of aromatic nitrogens is 4. The second kappa shape index (κ2) is 6.57. The lowest BCUT2D eigenvalue weighted by molar-refractivity contribution is 0.117. The van der Waals surface area contributed by atoms with Crippen molar-refractivity contribution in [3.63, 3.8) is 0 Å².